The number of sulfonamides is 1. The van der Waals surface area contributed by atoms with Crippen LogP contribution in [0.2, 0.25) is 5.02 Å². The van der Waals surface area contributed by atoms with Gasteiger partial charge in [0.05, 0.1) is 10.6 Å². The van der Waals surface area contributed by atoms with Crippen LogP contribution in [0, 0.1) is 20.8 Å². The van der Waals surface area contributed by atoms with Crippen LogP contribution in [-0.4, -0.2) is 43.8 Å². The van der Waals surface area contributed by atoms with Crippen molar-refractivity contribution < 1.29 is 18.0 Å². The molecule has 1 unspecified atom stereocenters. The third kappa shape index (κ3) is 8.85. The standard InChI is InChI=1S/C39H44ClN3O4S/c1-28-14-18-32(19-15-28)26-42(37(25-31-10-6-4-7-11-31)39(45)41-34-12-8-5-9-13-34)38(44)27-43(36-23-20-33(40)24-30(36)3)48(46,47)35-21-16-29(2)17-22-35/h4,6-7,10-11,14-24,34,37H,5,8-9,12-13,25-27H2,1-3H3,(H,41,45). The normalized spacial score (nSPS) is 14.2. The van der Waals surface area contributed by atoms with E-state index in [1.165, 1.54) is 0 Å². The van der Waals surface area contributed by atoms with Gasteiger partial charge in [-0.25, -0.2) is 8.42 Å². The minimum atomic E-state index is -4.20. The first-order valence-corrected chi connectivity index (χ1v) is 18.4. The highest BCUT2D eigenvalue weighted by atomic mass is 35.5. The molecule has 0 aromatic heterocycles. The van der Waals surface area contributed by atoms with Gasteiger partial charge in [0.1, 0.15) is 12.6 Å². The van der Waals surface area contributed by atoms with E-state index in [0.717, 1.165) is 58.7 Å². The molecule has 0 radical (unpaired) electrons. The summed E-state index contributed by atoms with van der Waals surface area (Å²) in [6.45, 7) is 5.27. The molecule has 0 bridgehead atoms. The molecule has 5 rings (SSSR count). The summed E-state index contributed by atoms with van der Waals surface area (Å²) in [7, 11) is -4.20. The van der Waals surface area contributed by atoms with Crippen molar-refractivity contribution >= 4 is 39.1 Å². The summed E-state index contributed by atoms with van der Waals surface area (Å²) in [5.41, 5.74) is 4.67. The molecule has 0 saturated heterocycles. The van der Waals surface area contributed by atoms with Gasteiger partial charge >= 0.3 is 0 Å². The average Bonchev–Trinajstić information content (AvgIpc) is 3.07. The molecule has 9 heteroatoms. The molecule has 1 aliphatic carbocycles. The quantitative estimate of drug-likeness (QED) is 0.167. The lowest BCUT2D eigenvalue weighted by Gasteiger charge is -2.35. The number of carbonyl (C=O) groups excluding carboxylic acids is 2. The second-order valence-corrected chi connectivity index (χ2v) is 15.1. The number of anilines is 1. The number of benzene rings is 4. The zero-order valence-corrected chi connectivity index (χ0v) is 29.4. The van der Waals surface area contributed by atoms with Gasteiger partial charge in [0.25, 0.3) is 10.0 Å². The maximum absolute atomic E-state index is 14.8. The monoisotopic (exact) mass is 685 g/mol. The molecule has 0 spiro atoms. The Labute approximate surface area is 290 Å². The molecule has 0 aliphatic heterocycles. The molecule has 252 valence electrons. The van der Waals surface area contributed by atoms with Crippen molar-refractivity contribution in [3.63, 3.8) is 0 Å². The summed E-state index contributed by atoms with van der Waals surface area (Å²) >= 11 is 6.27. The van der Waals surface area contributed by atoms with Crippen LogP contribution in [0.1, 0.15) is 59.9 Å². The van der Waals surface area contributed by atoms with E-state index in [1.54, 1.807) is 54.3 Å². The Hall–Kier alpha value is -4.14. The maximum Gasteiger partial charge on any atom is 0.264 e. The van der Waals surface area contributed by atoms with Crippen LogP contribution in [0.4, 0.5) is 5.69 Å². The lowest BCUT2D eigenvalue weighted by atomic mass is 9.94. The van der Waals surface area contributed by atoms with Gasteiger partial charge in [0, 0.05) is 24.0 Å². The fraction of sp³-hybridized carbons (Fsp3) is 0.333. The zero-order valence-electron chi connectivity index (χ0n) is 27.9. The molecule has 4 aromatic rings. The van der Waals surface area contributed by atoms with Crippen LogP contribution in [0.5, 0.6) is 0 Å². The van der Waals surface area contributed by atoms with E-state index < -0.39 is 28.5 Å². The maximum atomic E-state index is 14.8. The number of nitrogens with zero attached hydrogens (tertiary/aromatic N) is 2. The highest BCUT2D eigenvalue weighted by Gasteiger charge is 2.36. The van der Waals surface area contributed by atoms with Crippen molar-refractivity contribution in [1.82, 2.24) is 10.2 Å². The second-order valence-electron chi connectivity index (χ2n) is 12.8. The summed E-state index contributed by atoms with van der Waals surface area (Å²) in [6, 6.07) is 28.1. The Bertz CT molecular complexity index is 1810. The predicted molar refractivity (Wildman–Crippen MR) is 193 cm³/mol. The van der Waals surface area contributed by atoms with Crippen molar-refractivity contribution in [1.29, 1.82) is 0 Å². The van der Waals surface area contributed by atoms with Crippen molar-refractivity contribution in [2.45, 2.75) is 82.8 Å². The molecule has 7 nitrogen and oxygen atoms in total. The zero-order chi connectivity index (χ0) is 34.3. The Kier molecular flexibility index (Phi) is 11.6. The SMILES string of the molecule is Cc1ccc(CN(C(=O)CN(c2ccc(Cl)cc2C)S(=O)(=O)c2ccc(C)cc2)C(Cc2ccccc2)C(=O)NC2CCCCC2)cc1. The fourth-order valence-electron chi connectivity index (χ4n) is 6.24. The number of amides is 2. The van der Waals surface area contributed by atoms with Gasteiger partial charge in [0.2, 0.25) is 11.8 Å². The van der Waals surface area contributed by atoms with E-state index in [0.29, 0.717) is 16.3 Å². The minimum Gasteiger partial charge on any atom is -0.352 e. The summed E-state index contributed by atoms with van der Waals surface area (Å²) in [5.74, 6) is -0.720. The molecule has 0 heterocycles. The average molecular weight is 686 g/mol. The third-order valence-electron chi connectivity index (χ3n) is 9.01. The van der Waals surface area contributed by atoms with Crippen molar-refractivity contribution in [3.05, 3.63) is 130 Å². The van der Waals surface area contributed by atoms with E-state index >= 15 is 0 Å². The highest BCUT2D eigenvalue weighted by Crippen LogP contribution is 2.30. The van der Waals surface area contributed by atoms with E-state index in [4.69, 9.17) is 11.6 Å². The van der Waals surface area contributed by atoms with Crippen LogP contribution in [0.15, 0.2) is 102 Å². The largest absolute Gasteiger partial charge is 0.352 e. The van der Waals surface area contributed by atoms with Gasteiger partial charge in [-0.1, -0.05) is 109 Å². The molecule has 1 aliphatic rings. The number of halogens is 1. The molecular weight excluding hydrogens is 642 g/mol. The van der Waals surface area contributed by atoms with Crippen LogP contribution < -0.4 is 9.62 Å². The van der Waals surface area contributed by atoms with Crippen molar-refractivity contribution in [2.24, 2.45) is 0 Å². The Morgan fingerprint density at radius 1 is 0.812 bits per heavy atom. The number of hydrogen-bond acceptors (Lipinski definition) is 4. The summed E-state index contributed by atoms with van der Waals surface area (Å²) < 4.78 is 29.8. The molecule has 1 atom stereocenters. The fourth-order valence-corrected chi connectivity index (χ4v) is 7.94. The van der Waals surface area contributed by atoms with Crippen LogP contribution in [0.25, 0.3) is 0 Å². The Balaban J connectivity index is 1.58. The highest BCUT2D eigenvalue weighted by molar-refractivity contribution is 7.92. The minimum absolute atomic E-state index is 0.0379. The molecule has 1 N–H and O–H groups in total. The van der Waals surface area contributed by atoms with E-state index in [9.17, 15) is 18.0 Å². The summed E-state index contributed by atoms with van der Waals surface area (Å²) in [4.78, 5) is 30.6. The lowest BCUT2D eigenvalue weighted by Crippen LogP contribution is -2.55. The van der Waals surface area contributed by atoms with Gasteiger partial charge in [-0.2, -0.15) is 0 Å². The van der Waals surface area contributed by atoms with Gasteiger partial charge < -0.3 is 10.2 Å². The molecular formula is C39H44ClN3O4S. The number of rotatable bonds is 12. The van der Waals surface area contributed by atoms with Gasteiger partial charge in [0.15, 0.2) is 0 Å². The third-order valence-corrected chi connectivity index (χ3v) is 11.0. The number of hydrogen-bond donors (Lipinski definition) is 1. The van der Waals surface area contributed by atoms with Crippen molar-refractivity contribution in [3.8, 4) is 0 Å². The molecule has 1 fully saturated rings. The predicted octanol–water partition coefficient (Wildman–Crippen LogP) is 7.55. The first-order valence-electron chi connectivity index (χ1n) is 16.6. The Morgan fingerprint density at radius 2 is 1.44 bits per heavy atom. The molecule has 48 heavy (non-hydrogen) atoms. The van der Waals surface area contributed by atoms with E-state index in [2.05, 4.69) is 5.32 Å². The summed E-state index contributed by atoms with van der Waals surface area (Å²) in [6.07, 6.45) is 5.32. The van der Waals surface area contributed by atoms with Crippen LogP contribution in [0.3, 0.4) is 0 Å². The Morgan fingerprint density at radius 3 is 2.06 bits per heavy atom. The van der Waals surface area contributed by atoms with Crippen LogP contribution in [-0.2, 0) is 32.6 Å². The van der Waals surface area contributed by atoms with Crippen molar-refractivity contribution in [2.75, 3.05) is 10.8 Å². The van der Waals surface area contributed by atoms with Gasteiger partial charge in [-0.05, 0) is 80.6 Å². The topological polar surface area (TPSA) is 86.8 Å². The molecule has 4 aromatic carbocycles. The second kappa shape index (κ2) is 15.8. The number of aryl methyl sites for hydroxylation is 3. The molecule has 2 amide bonds. The smallest absolute Gasteiger partial charge is 0.264 e. The van der Waals surface area contributed by atoms with E-state index in [1.807, 2.05) is 68.4 Å². The summed E-state index contributed by atoms with van der Waals surface area (Å²) in [5, 5.41) is 3.71. The lowest BCUT2D eigenvalue weighted by molar-refractivity contribution is -0.140. The number of carbonyl (C=O) groups is 2. The first kappa shape index (κ1) is 35.2. The van der Waals surface area contributed by atoms with Gasteiger partial charge in [-0.15, -0.1) is 0 Å². The first-order chi connectivity index (χ1) is 23.0. The number of nitrogens with one attached hydrogen (secondary N) is 1. The molecule has 1 saturated carbocycles. The van der Waals surface area contributed by atoms with Gasteiger partial charge in [-0.3, -0.25) is 13.9 Å². The van der Waals surface area contributed by atoms with E-state index in [-0.39, 0.29) is 29.8 Å². The van der Waals surface area contributed by atoms with Crippen LogP contribution >= 0.6 is 11.6 Å².